The zero-order valence-electron chi connectivity index (χ0n) is 12.8. The molecule has 0 saturated carbocycles. The molecular weight excluding hydrogens is 318 g/mol. The quantitative estimate of drug-likeness (QED) is 0.508. The van der Waals surface area contributed by atoms with Crippen LogP contribution in [0.4, 0.5) is 4.79 Å². The molecular formula is C16H13NO7. The summed E-state index contributed by atoms with van der Waals surface area (Å²) < 4.78 is 14.6. The minimum Gasteiger partial charge on any atom is -0.423 e. The molecule has 1 aromatic rings. The molecule has 0 aromatic heterocycles. The lowest BCUT2D eigenvalue weighted by molar-refractivity contribution is -0.134. The largest absolute Gasteiger partial charge is 0.423 e. The smallest absolute Gasteiger partial charge is 0.419 e. The molecule has 1 N–H and O–H groups in total. The van der Waals surface area contributed by atoms with Crippen LogP contribution in [0.15, 0.2) is 36.1 Å². The van der Waals surface area contributed by atoms with E-state index < -0.39 is 23.9 Å². The minimum absolute atomic E-state index is 0.0811. The number of alkyl carbamates (subject to hydrolysis) is 1. The van der Waals surface area contributed by atoms with Gasteiger partial charge in [0.2, 0.25) is 0 Å². The molecule has 0 spiro atoms. The molecule has 1 heterocycles. The first-order chi connectivity index (χ1) is 11.3. The molecule has 8 nitrogen and oxygen atoms in total. The number of allylic oxidation sites excluding steroid dienone is 2. The Morgan fingerprint density at radius 1 is 1.08 bits per heavy atom. The molecule has 0 radical (unpaired) electrons. The van der Waals surface area contributed by atoms with Crippen LogP contribution in [0.3, 0.4) is 0 Å². The van der Waals surface area contributed by atoms with E-state index in [2.05, 4.69) is 4.74 Å². The number of cyclic esters (lactones) is 1. The minimum atomic E-state index is -0.831. The van der Waals surface area contributed by atoms with Crippen LogP contribution in [0.5, 0.6) is 11.5 Å². The molecule has 0 atom stereocenters. The van der Waals surface area contributed by atoms with Crippen molar-refractivity contribution in [2.75, 3.05) is 0 Å². The molecule has 0 bridgehead atoms. The Hall–Kier alpha value is -3.42. The van der Waals surface area contributed by atoms with Crippen molar-refractivity contribution in [3.8, 4) is 11.5 Å². The monoisotopic (exact) mass is 331 g/mol. The number of hydrogen-bond acceptors (Lipinski definition) is 7. The lowest BCUT2D eigenvalue weighted by Crippen LogP contribution is -2.18. The Labute approximate surface area is 136 Å². The standard InChI is InChI=1S/C16H13NO7/c1-9(18)22-12-7-6-11(8-14(12)23-10(2)19)4-3-5-13-15(20)17-16(21)24-13/h3-8H,1-2H3,(H,17,20,21). The highest BCUT2D eigenvalue weighted by Crippen LogP contribution is 2.29. The van der Waals surface area contributed by atoms with Crippen LogP contribution in [0.25, 0.3) is 6.08 Å². The van der Waals surface area contributed by atoms with Crippen LogP contribution in [-0.2, 0) is 19.1 Å². The van der Waals surface area contributed by atoms with Gasteiger partial charge in [-0.1, -0.05) is 18.2 Å². The second-order valence-electron chi connectivity index (χ2n) is 4.63. The molecule has 1 aromatic carbocycles. The third-order valence-corrected chi connectivity index (χ3v) is 2.65. The van der Waals surface area contributed by atoms with Crippen molar-refractivity contribution < 1.29 is 33.4 Å². The molecule has 124 valence electrons. The molecule has 8 heteroatoms. The summed E-state index contributed by atoms with van der Waals surface area (Å²) in [5.41, 5.74) is 0.601. The summed E-state index contributed by atoms with van der Waals surface area (Å²) in [4.78, 5) is 44.3. The van der Waals surface area contributed by atoms with Gasteiger partial charge in [-0.3, -0.25) is 19.7 Å². The summed E-state index contributed by atoms with van der Waals surface area (Å²) in [6.45, 7) is 2.45. The van der Waals surface area contributed by atoms with Gasteiger partial charge in [0.05, 0.1) is 0 Å². The van der Waals surface area contributed by atoms with Gasteiger partial charge in [-0.25, -0.2) is 4.79 Å². The average molecular weight is 331 g/mol. The van der Waals surface area contributed by atoms with E-state index in [-0.39, 0.29) is 17.3 Å². The van der Waals surface area contributed by atoms with Crippen molar-refractivity contribution in [3.05, 3.63) is 41.7 Å². The maximum absolute atomic E-state index is 11.3. The van der Waals surface area contributed by atoms with Gasteiger partial charge < -0.3 is 14.2 Å². The number of amides is 2. The number of esters is 2. The van der Waals surface area contributed by atoms with E-state index in [0.29, 0.717) is 5.56 Å². The summed E-state index contributed by atoms with van der Waals surface area (Å²) in [6, 6.07) is 4.56. The topological polar surface area (TPSA) is 108 Å². The normalized spacial score (nSPS) is 15.3. The number of imide groups is 1. The highest BCUT2D eigenvalue weighted by molar-refractivity contribution is 6.07. The van der Waals surface area contributed by atoms with E-state index in [9.17, 15) is 19.2 Å². The van der Waals surface area contributed by atoms with Gasteiger partial charge >= 0.3 is 18.0 Å². The van der Waals surface area contributed by atoms with E-state index in [4.69, 9.17) is 9.47 Å². The summed E-state index contributed by atoms with van der Waals surface area (Å²) in [5.74, 6) is -1.69. The summed E-state index contributed by atoms with van der Waals surface area (Å²) >= 11 is 0. The van der Waals surface area contributed by atoms with Crippen LogP contribution in [0, 0.1) is 0 Å². The third-order valence-electron chi connectivity index (χ3n) is 2.65. The molecule has 0 unspecified atom stereocenters. The van der Waals surface area contributed by atoms with E-state index in [1.54, 1.807) is 12.1 Å². The molecule has 1 fully saturated rings. The first-order valence-corrected chi connectivity index (χ1v) is 6.77. The van der Waals surface area contributed by atoms with Gasteiger partial charge in [0.1, 0.15) is 0 Å². The number of ether oxygens (including phenoxy) is 3. The first-order valence-electron chi connectivity index (χ1n) is 6.77. The van der Waals surface area contributed by atoms with E-state index in [0.717, 1.165) is 0 Å². The van der Waals surface area contributed by atoms with Gasteiger partial charge in [-0.05, 0) is 23.8 Å². The van der Waals surface area contributed by atoms with Gasteiger partial charge in [-0.2, -0.15) is 0 Å². The fourth-order valence-corrected chi connectivity index (χ4v) is 1.78. The van der Waals surface area contributed by atoms with Crippen molar-refractivity contribution in [2.45, 2.75) is 13.8 Å². The Morgan fingerprint density at radius 2 is 1.75 bits per heavy atom. The molecule has 2 amide bonds. The molecule has 1 saturated heterocycles. The number of carbonyl (C=O) groups is 4. The average Bonchev–Trinajstić information content (AvgIpc) is 2.79. The third kappa shape index (κ3) is 4.54. The lowest BCUT2D eigenvalue weighted by atomic mass is 10.2. The van der Waals surface area contributed by atoms with Crippen LogP contribution >= 0.6 is 0 Å². The lowest BCUT2D eigenvalue weighted by Gasteiger charge is -2.09. The summed E-state index contributed by atoms with van der Waals surface area (Å²) in [7, 11) is 0. The maximum atomic E-state index is 11.3. The van der Waals surface area contributed by atoms with Crippen molar-refractivity contribution >= 4 is 30.0 Å². The fourth-order valence-electron chi connectivity index (χ4n) is 1.78. The van der Waals surface area contributed by atoms with Crippen molar-refractivity contribution in [2.24, 2.45) is 0 Å². The Balaban J connectivity index is 2.21. The van der Waals surface area contributed by atoms with Gasteiger partial charge in [0, 0.05) is 13.8 Å². The SMILES string of the molecule is CC(=O)Oc1ccc(C=CC=C2OC(=O)NC2=O)cc1OC(C)=O. The number of nitrogens with one attached hydrogen (secondary N) is 1. The summed E-state index contributed by atoms with van der Waals surface area (Å²) in [5, 5.41) is 1.96. The molecule has 1 aliphatic heterocycles. The molecule has 24 heavy (non-hydrogen) atoms. The number of carbonyl (C=O) groups excluding carboxylic acids is 4. The van der Waals surface area contributed by atoms with Gasteiger partial charge in [-0.15, -0.1) is 0 Å². The van der Waals surface area contributed by atoms with E-state index in [1.165, 1.54) is 38.1 Å². The first kappa shape index (κ1) is 16.9. The fraction of sp³-hybridized carbons (Fsp3) is 0.125. The van der Waals surface area contributed by atoms with Gasteiger partial charge in [0.25, 0.3) is 5.91 Å². The van der Waals surface area contributed by atoms with Crippen LogP contribution < -0.4 is 14.8 Å². The second-order valence-corrected chi connectivity index (χ2v) is 4.63. The van der Waals surface area contributed by atoms with Crippen LogP contribution in [0.1, 0.15) is 19.4 Å². The molecule has 0 aliphatic carbocycles. The number of hydrogen-bond donors (Lipinski definition) is 1. The zero-order chi connectivity index (χ0) is 17.7. The Bertz CT molecular complexity index is 777. The number of rotatable bonds is 4. The summed E-state index contributed by atoms with van der Waals surface area (Å²) in [6.07, 6.45) is 3.54. The number of benzene rings is 1. The van der Waals surface area contributed by atoms with Crippen molar-refractivity contribution in [1.29, 1.82) is 0 Å². The highest BCUT2D eigenvalue weighted by atomic mass is 16.6. The van der Waals surface area contributed by atoms with E-state index >= 15 is 0 Å². The Morgan fingerprint density at radius 3 is 2.33 bits per heavy atom. The van der Waals surface area contributed by atoms with Crippen LogP contribution in [-0.4, -0.2) is 23.9 Å². The van der Waals surface area contributed by atoms with Crippen molar-refractivity contribution in [3.63, 3.8) is 0 Å². The molecule has 1 aliphatic rings. The molecule has 2 rings (SSSR count). The van der Waals surface area contributed by atoms with Crippen molar-refractivity contribution in [1.82, 2.24) is 5.32 Å². The predicted octanol–water partition coefficient (Wildman–Crippen LogP) is 1.70. The zero-order valence-corrected chi connectivity index (χ0v) is 12.8. The highest BCUT2D eigenvalue weighted by Gasteiger charge is 2.25. The Kier molecular flexibility index (Phi) is 5.10. The second kappa shape index (κ2) is 7.23. The predicted molar refractivity (Wildman–Crippen MR) is 80.8 cm³/mol. The van der Waals surface area contributed by atoms with Gasteiger partial charge in [0.15, 0.2) is 17.3 Å². The maximum Gasteiger partial charge on any atom is 0.419 e. The van der Waals surface area contributed by atoms with E-state index in [1.807, 2.05) is 5.32 Å². The van der Waals surface area contributed by atoms with Crippen LogP contribution in [0.2, 0.25) is 0 Å².